The van der Waals surface area contributed by atoms with E-state index < -0.39 is 5.97 Å². The Morgan fingerprint density at radius 1 is 1.33 bits per heavy atom. The van der Waals surface area contributed by atoms with Crippen LogP contribution in [0.4, 0.5) is 0 Å². The molecule has 0 unspecified atom stereocenters. The lowest BCUT2D eigenvalue weighted by molar-refractivity contribution is 0.0599. The third-order valence-corrected chi connectivity index (χ3v) is 2.57. The third kappa shape index (κ3) is 2.09. The van der Waals surface area contributed by atoms with Crippen molar-refractivity contribution in [3.8, 4) is 5.95 Å². The average molecular weight is 246 g/mol. The molecule has 0 amide bonds. The fraction of sp³-hybridized carbons (Fsp3) is 0.333. The van der Waals surface area contributed by atoms with Gasteiger partial charge in [-0.05, 0) is 26.8 Å². The molecule has 6 nitrogen and oxygen atoms in total. The SMILES string of the molecule is COC(=O)c1cnc(-n2nc(C)cc2C)nc1C. The fourth-order valence-electron chi connectivity index (χ4n) is 1.70. The number of carbonyl (C=O) groups excluding carboxylic acids is 1. The first-order valence-electron chi connectivity index (χ1n) is 5.48. The molecule has 0 aliphatic rings. The molecule has 94 valence electrons. The molecule has 0 radical (unpaired) electrons. The summed E-state index contributed by atoms with van der Waals surface area (Å²) in [4.78, 5) is 19.8. The summed E-state index contributed by atoms with van der Waals surface area (Å²) < 4.78 is 6.29. The molecule has 6 heteroatoms. The minimum Gasteiger partial charge on any atom is -0.465 e. The maximum absolute atomic E-state index is 11.4. The van der Waals surface area contributed by atoms with E-state index in [1.807, 2.05) is 19.9 Å². The number of esters is 1. The first-order valence-corrected chi connectivity index (χ1v) is 5.48. The van der Waals surface area contributed by atoms with Gasteiger partial charge in [0.05, 0.1) is 24.1 Å². The molecule has 0 saturated heterocycles. The predicted octanol–water partition coefficient (Wildman–Crippen LogP) is 1.37. The van der Waals surface area contributed by atoms with E-state index in [0.717, 1.165) is 11.4 Å². The van der Waals surface area contributed by atoms with Crippen LogP contribution in [0.2, 0.25) is 0 Å². The van der Waals surface area contributed by atoms with Crippen LogP contribution < -0.4 is 0 Å². The third-order valence-electron chi connectivity index (χ3n) is 2.57. The normalized spacial score (nSPS) is 10.4. The first-order chi connectivity index (χ1) is 8.52. The average Bonchev–Trinajstić information content (AvgIpc) is 2.67. The van der Waals surface area contributed by atoms with Crippen molar-refractivity contribution in [3.05, 3.63) is 34.9 Å². The number of aromatic nitrogens is 4. The van der Waals surface area contributed by atoms with Gasteiger partial charge in [0.1, 0.15) is 0 Å². The van der Waals surface area contributed by atoms with Crippen molar-refractivity contribution in [2.45, 2.75) is 20.8 Å². The Morgan fingerprint density at radius 2 is 2.06 bits per heavy atom. The molecule has 0 saturated carbocycles. The topological polar surface area (TPSA) is 69.9 Å². The highest BCUT2D eigenvalue weighted by Gasteiger charge is 2.13. The first kappa shape index (κ1) is 12.2. The fourth-order valence-corrected chi connectivity index (χ4v) is 1.70. The molecule has 18 heavy (non-hydrogen) atoms. The Morgan fingerprint density at radius 3 is 2.56 bits per heavy atom. The number of ether oxygens (including phenoxy) is 1. The molecule has 0 bridgehead atoms. The van der Waals surface area contributed by atoms with E-state index in [0.29, 0.717) is 17.2 Å². The van der Waals surface area contributed by atoms with Gasteiger partial charge in [0.25, 0.3) is 5.95 Å². The van der Waals surface area contributed by atoms with Gasteiger partial charge in [-0.3, -0.25) is 0 Å². The molecule has 2 aromatic heterocycles. The number of hydrogen-bond donors (Lipinski definition) is 0. The van der Waals surface area contributed by atoms with Crippen LogP contribution in [-0.2, 0) is 4.74 Å². The van der Waals surface area contributed by atoms with E-state index in [1.54, 1.807) is 11.6 Å². The van der Waals surface area contributed by atoms with Crippen LogP contribution in [0.3, 0.4) is 0 Å². The molecule has 2 aromatic rings. The second-order valence-corrected chi connectivity index (χ2v) is 4.00. The highest BCUT2D eigenvalue weighted by molar-refractivity contribution is 5.90. The Labute approximate surface area is 105 Å². The van der Waals surface area contributed by atoms with E-state index in [1.165, 1.54) is 13.3 Å². The number of methoxy groups -OCH3 is 1. The molecule has 2 rings (SSSR count). The monoisotopic (exact) mass is 246 g/mol. The lowest BCUT2D eigenvalue weighted by atomic mass is 10.2. The van der Waals surface area contributed by atoms with Crippen molar-refractivity contribution in [1.29, 1.82) is 0 Å². The summed E-state index contributed by atoms with van der Waals surface area (Å²) in [5.41, 5.74) is 2.77. The molecular weight excluding hydrogens is 232 g/mol. The summed E-state index contributed by atoms with van der Waals surface area (Å²) in [5.74, 6) is 0.0122. The van der Waals surface area contributed by atoms with Crippen molar-refractivity contribution in [2.24, 2.45) is 0 Å². The molecule has 0 aliphatic heterocycles. The molecular formula is C12H14N4O2. The maximum Gasteiger partial charge on any atom is 0.341 e. The highest BCUT2D eigenvalue weighted by atomic mass is 16.5. The molecule has 0 fully saturated rings. The lowest BCUT2D eigenvalue weighted by Crippen LogP contribution is -2.11. The van der Waals surface area contributed by atoms with E-state index in [9.17, 15) is 4.79 Å². The van der Waals surface area contributed by atoms with Gasteiger partial charge in [0.2, 0.25) is 0 Å². The van der Waals surface area contributed by atoms with Gasteiger partial charge in [-0.2, -0.15) is 5.10 Å². The number of rotatable bonds is 2. The quantitative estimate of drug-likeness (QED) is 0.748. The molecule has 0 atom stereocenters. The number of aryl methyl sites for hydroxylation is 3. The van der Waals surface area contributed by atoms with Crippen molar-refractivity contribution >= 4 is 5.97 Å². The Kier molecular flexibility index (Phi) is 3.10. The van der Waals surface area contributed by atoms with Crippen LogP contribution in [-0.4, -0.2) is 32.8 Å². The zero-order chi connectivity index (χ0) is 13.3. The number of nitrogens with zero attached hydrogens (tertiary/aromatic N) is 4. The second-order valence-electron chi connectivity index (χ2n) is 4.00. The van der Waals surface area contributed by atoms with Gasteiger partial charge in [-0.25, -0.2) is 19.4 Å². The number of hydrogen-bond acceptors (Lipinski definition) is 5. The Hall–Kier alpha value is -2.24. The summed E-state index contributed by atoms with van der Waals surface area (Å²) in [6.07, 6.45) is 1.46. The van der Waals surface area contributed by atoms with Gasteiger partial charge < -0.3 is 4.74 Å². The van der Waals surface area contributed by atoms with Gasteiger partial charge in [-0.15, -0.1) is 0 Å². The van der Waals surface area contributed by atoms with Crippen LogP contribution >= 0.6 is 0 Å². The predicted molar refractivity (Wildman–Crippen MR) is 64.7 cm³/mol. The van der Waals surface area contributed by atoms with Crippen LogP contribution in [0.5, 0.6) is 0 Å². The Bertz CT molecular complexity index is 604. The van der Waals surface area contributed by atoms with Crippen LogP contribution in [0.1, 0.15) is 27.4 Å². The second kappa shape index (κ2) is 4.56. The molecule has 0 spiro atoms. The summed E-state index contributed by atoms with van der Waals surface area (Å²) in [6, 6.07) is 1.94. The number of carbonyl (C=O) groups is 1. The minimum atomic E-state index is -0.438. The summed E-state index contributed by atoms with van der Waals surface area (Å²) in [7, 11) is 1.33. The van der Waals surface area contributed by atoms with Gasteiger partial charge in [-0.1, -0.05) is 0 Å². The van der Waals surface area contributed by atoms with E-state index >= 15 is 0 Å². The Balaban J connectivity index is 2.46. The van der Waals surface area contributed by atoms with Gasteiger partial charge in [0.15, 0.2) is 0 Å². The summed E-state index contributed by atoms with van der Waals surface area (Å²) >= 11 is 0. The maximum atomic E-state index is 11.4. The highest BCUT2D eigenvalue weighted by Crippen LogP contribution is 2.11. The van der Waals surface area contributed by atoms with Crippen molar-refractivity contribution in [2.75, 3.05) is 7.11 Å². The zero-order valence-corrected chi connectivity index (χ0v) is 10.8. The van der Waals surface area contributed by atoms with Crippen LogP contribution in [0.15, 0.2) is 12.3 Å². The van der Waals surface area contributed by atoms with Gasteiger partial charge >= 0.3 is 5.97 Å². The molecule has 0 aromatic carbocycles. The van der Waals surface area contributed by atoms with Crippen molar-refractivity contribution in [3.63, 3.8) is 0 Å². The molecule has 0 aliphatic carbocycles. The smallest absolute Gasteiger partial charge is 0.341 e. The summed E-state index contributed by atoms with van der Waals surface area (Å²) in [5, 5.41) is 4.29. The van der Waals surface area contributed by atoms with E-state index in [2.05, 4.69) is 19.8 Å². The lowest BCUT2D eigenvalue weighted by Gasteiger charge is -2.06. The standard InChI is InChI=1S/C12H14N4O2/c1-7-5-8(2)16(15-7)12-13-6-10(9(3)14-12)11(17)18-4/h5-6H,1-4H3. The van der Waals surface area contributed by atoms with Crippen LogP contribution in [0, 0.1) is 20.8 Å². The molecule has 2 heterocycles. The van der Waals surface area contributed by atoms with E-state index in [4.69, 9.17) is 0 Å². The zero-order valence-electron chi connectivity index (χ0n) is 10.8. The minimum absolute atomic E-state index is 0.364. The molecule has 0 N–H and O–H groups in total. The van der Waals surface area contributed by atoms with Crippen molar-refractivity contribution in [1.82, 2.24) is 19.7 Å². The van der Waals surface area contributed by atoms with Crippen LogP contribution in [0.25, 0.3) is 5.95 Å². The summed E-state index contributed by atoms with van der Waals surface area (Å²) in [6.45, 7) is 5.56. The van der Waals surface area contributed by atoms with Crippen molar-refractivity contribution < 1.29 is 9.53 Å². The van der Waals surface area contributed by atoms with Gasteiger partial charge in [0, 0.05) is 11.9 Å². The largest absolute Gasteiger partial charge is 0.465 e. The van der Waals surface area contributed by atoms with E-state index in [-0.39, 0.29) is 0 Å².